The first kappa shape index (κ1) is 19.6. The van der Waals surface area contributed by atoms with Crippen LogP contribution in [0.2, 0.25) is 0 Å². The predicted octanol–water partition coefficient (Wildman–Crippen LogP) is 6.27. The summed E-state index contributed by atoms with van der Waals surface area (Å²) in [5.74, 6) is -0.0965. The van der Waals surface area contributed by atoms with E-state index >= 15 is 0 Å². The van der Waals surface area contributed by atoms with E-state index in [1.807, 2.05) is 18.2 Å². The number of carbonyl (C=O) groups is 1. The average molecular weight is 411 g/mol. The van der Waals surface area contributed by atoms with Gasteiger partial charge in [-0.05, 0) is 42.0 Å². The second-order valence-electron chi connectivity index (χ2n) is 6.71. The molecule has 0 radical (unpaired) electrons. The smallest absolute Gasteiger partial charge is 0.417 e. The van der Waals surface area contributed by atoms with E-state index in [2.05, 4.69) is 4.98 Å². The summed E-state index contributed by atoms with van der Waals surface area (Å²) in [5.41, 5.74) is 0.00969. The Hall–Kier alpha value is -3.74. The SMILES string of the molecule is O=C(O)Cc1c(-c2ccccc2C(F)(F)F)[nH]c2ccc(Oc3ccccc3)cc12. The van der Waals surface area contributed by atoms with E-state index in [1.54, 1.807) is 30.3 Å². The number of aromatic amines is 1. The minimum Gasteiger partial charge on any atom is -0.481 e. The number of hydrogen-bond donors (Lipinski definition) is 2. The maximum Gasteiger partial charge on any atom is 0.417 e. The minimum atomic E-state index is -4.57. The Morgan fingerprint density at radius 3 is 2.33 bits per heavy atom. The fraction of sp³-hybridized carbons (Fsp3) is 0.0870. The van der Waals surface area contributed by atoms with Crippen molar-refractivity contribution >= 4 is 16.9 Å². The fourth-order valence-electron chi connectivity index (χ4n) is 3.43. The lowest BCUT2D eigenvalue weighted by Gasteiger charge is -2.13. The Labute approximate surface area is 169 Å². The standard InChI is InChI=1S/C23H16F3NO3/c24-23(25,26)19-9-5-4-8-16(19)22-18(13-21(28)29)17-12-15(10-11-20(17)27-22)30-14-6-2-1-3-7-14/h1-12,27H,13H2,(H,28,29). The van der Waals surface area contributed by atoms with Crippen molar-refractivity contribution in [3.8, 4) is 22.8 Å². The van der Waals surface area contributed by atoms with E-state index in [0.29, 0.717) is 22.4 Å². The lowest BCUT2D eigenvalue weighted by molar-refractivity contribution is -0.137. The fourth-order valence-corrected chi connectivity index (χ4v) is 3.43. The molecule has 30 heavy (non-hydrogen) atoms. The van der Waals surface area contributed by atoms with Gasteiger partial charge in [0.05, 0.1) is 17.7 Å². The molecule has 0 bridgehead atoms. The first-order chi connectivity index (χ1) is 14.3. The first-order valence-corrected chi connectivity index (χ1v) is 9.09. The molecule has 3 aromatic carbocycles. The number of aliphatic carboxylic acids is 1. The second-order valence-corrected chi connectivity index (χ2v) is 6.71. The lowest BCUT2D eigenvalue weighted by Crippen LogP contribution is -2.08. The zero-order valence-electron chi connectivity index (χ0n) is 15.5. The molecule has 2 N–H and O–H groups in total. The minimum absolute atomic E-state index is 0.0945. The van der Waals surface area contributed by atoms with Gasteiger partial charge in [0, 0.05) is 16.5 Å². The van der Waals surface area contributed by atoms with Crippen LogP contribution in [0.1, 0.15) is 11.1 Å². The maximum absolute atomic E-state index is 13.5. The molecule has 0 unspecified atom stereocenters. The summed E-state index contributed by atoms with van der Waals surface area (Å²) in [5, 5.41) is 9.88. The van der Waals surface area contributed by atoms with Gasteiger partial charge in [0.15, 0.2) is 0 Å². The van der Waals surface area contributed by atoms with Crippen LogP contribution in [0.15, 0.2) is 72.8 Å². The number of carboxylic acid groups (broad SMARTS) is 1. The monoisotopic (exact) mass is 411 g/mol. The van der Waals surface area contributed by atoms with Crippen LogP contribution >= 0.6 is 0 Å². The maximum atomic E-state index is 13.5. The molecule has 0 spiro atoms. The summed E-state index contributed by atoms with van der Waals surface area (Å²) in [6, 6.07) is 19.1. The van der Waals surface area contributed by atoms with Gasteiger partial charge in [0.2, 0.25) is 0 Å². The molecular formula is C23H16F3NO3. The highest BCUT2D eigenvalue weighted by Crippen LogP contribution is 2.40. The van der Waals surface area contributed by atoms with Crippen LogP contribution in [0.5, 0.6) is 11.5 Å². The molecule has 0 aliphatic rings. The Kier molecular flexibility index (Phi) is 4.95. The molecule has 0 atom stereocenters. The molecule has 0 saturated carbocycles. The van der Waals surface area contributed by atoms with Gasteiger partial charge in [-0.1, -0.05) is 36.4 Å². The van der Waals surface area contributed by atoms with Gasteiger partial charge in [0.1, 0.15) is 11.5 Å². The quantitative estimate of drug-likeness (QED) is 0.407. The number of nitrogens with one attached hydrogen (secondary N) is 1. The number of alkyl halides is 3. The number of rotatable bonds is 5. The zero-order chi connectivity index (χ0) is 21.3. The first-order valence-electron chi connectivity index (χ1n) is 9.09. The van der Waals surface area contributed by atoms with Crippen molar-refractivity contribution in [3.05, 3.63) is 83.9 Å². The average Bonchev–Trinajstić information content (AvgIpc) is 3.05. The van der Waals surface area contributed by atoms with Crippen molar-refractivity contribution in [2.45, 2.75) is 12.6 Å². The molecule has 0 amide bonds. The van der Waals surface area contributed by atoms with Gasteiger partial charge in [-0.25, -0.2) is 0 Å². The molecule has 152 valence electrons. The summed E-state index contributed by atoms with van der Waals surface area (Å²) in [6.45, 7) is 0. The molecule has 0 aliphatic heterocycles. The highest BCUT2D eigenvalue weighted by Gasteiger charge is 2.34. The van der Waals surface area contributed by atoms with Crippen molar-refractivity contribution < 1.29 is 27.8 Å². The van der Waals surface area contributed by atoms with Crippen molar-refractivity contribution in [1.29, 1.82) is 0 Å². The van der Waals surface area contributed by atoms with Gasteiger partial charge in [0.25, 0.3) is 0 Å². The lowest BCUT2D eigenvalue weighted by atomic mass is 9.98. The number of fused-ring (bicyclic) bond motifs is 1. The number of halogens is 3. The van der Waals surface area contributed by atoms with E-state index in [1.165, 1.54) is 18.2 Å². The van der Waals surface area contributed by atoms with Gasteiger partial charge < -0.3 is 14.8 Å². The van der Waals surface area contributed by atoms with E-state index < -0.39 is 24.1 Å². The highest BCUT2D eigenvalue weighted by atomic mass is 19.4. The van der Waals surface area contributed by atoms with E-state index in [9.17, 15) is 23.1 Å². The Bertz CT molecular complexity index is 1210. The third kappa shape index (κ3) is 3.87. The van der Waals surface area contributed by atoms with Crippen LogP contribution < -0.4 is 4.74 Å². The Morgan fingerprint density at radius 2 is 1.63 bits per heavy atom. The normalized spacial score (nSPS) is 11.6. The molecule has 7 heteroatoms. The number of aromatic nitrogens is 1. The number of H-pyrrole nitrogens is 1. The molecule has 4 rings (SSSR count). The Balaban J connectivity index is 1.88. The topological polar surface area (TPSA) is 62.3 Å². The number of hydrogen-bond acceptors (Lipinski definition) is 2. The predicted molar refractivity (Wildman–Crippen MR) is 107 cm³/mol. The number of carboxylic acids is 1. The Morgan fingerprint density at radius 1 is 0.933 bits per heavy atom. The second kappa shape index (κ2) is 7.59. The molecule has 0 fully saturated rings. The summed E-state index contributed by atoms with van der Waals surface area (Å²) in [7, 11) is 0. The van der Waals surface area contributed by atoms with E-state index in [-0.39, 0.29) is 16.8 Å². The molecule has 4 aromatic rings. The van der Waals surface area contributed by atoms with Crippen LogP contribution in [0.3, 0.4) is 0 Å². The van der Waals surface area contributed by atoms with E-state index in [4.69, 9.17) is 4.74 Å². The molecule has 0 saturated heterocycles. The van der Waals surface area contributed by atoms with Crippen LogP contribution in [-0.4, -0.2) is 16.1 Å². The van der Waals surface area contributed by atoms with E-state index in [0.717, 1.165) is 6.07 Å². The highest BCUT2D eigenvalue weighted by molar-refractivity contribution is 5.95. The zero-order valence-corrected chi connectivity index (χ0v) is 15.5. The van der Waals surface area contributed by atoms with Gasteiger partial charge in [-0.3, -0.25) is 4.79 Å². The van der Waals surface area contributed by atoms with Crippen molar-refractivity contribution in [2.75, 3.05) is 0 Å². The van der Waals surface area contributed by atoms with Crippen molar-refractivity contribution in [3.63, 3.8) is 0 Å². The van der Waals surface area contributed by atoms with Crippen LogP contribution in [0.25, 0.3) is 22.2 Å². The van der Waals surface area contributed by atoms with Gasteiger partial charge in [-0.2, -0.15) is 13.2 Å². The van der Waals surface area contributed by atoms with Gasteiger partial charge in [-0.15, -0.1) is 0 Å². The summed E-state index contributed by atoms with van der Waals surface area (Å²) < 4.78 is 46.4. The third-order valence-corrected chi connectivity index (χ3v) is 4.69. The van der Waals surface area contributed by atoms with Crippen molar-refractivity contribution in [2.24, 2.45) is 0 Å². The molecule has 1 heterocycles. The molecule has 1 aromatic heterocycles. The van der Waals surface area contributed by atoms with Crippen LogP contribution in [0.4, 0.5) is 13.2 Å². The summed E-state index contributed by atoms with van der Waals surface area (Å²) >= 11 is 0. The summed E-state index contributed by atoms with van der Waals surface area (Å²) in [6.07, 6.45) is -5.01. The van der Waals surface area contributed by atoms with Crippen molar-refractivity contribution in [1.82, 2.24) is 4.98 Å². The number of ether oxygens (including phenoxy) is 1. The largest absolute Gasteiger partial charge is 0.481 e. The number of para-hydroxylation sites is 1. The van der Waals surface area contributed by atoms with Crippen LogP contribution in [0, 0.1) is 0 Å². The molecular weight excluding hydrogens is 395 g/mol. The summed E-state index contributed by atoms with van der Waals surface area (Å²) in [4.78, 5) is 14.5. The number of benzene rings is 3. The van der Waals surface area contributed by atoms with Gasteiger partial charge >= 0.3 is 12.1 Å². The van der Waals surface area contributed by atoms with Crippen LogP contribution in [-0.2, 0) is 17.4 Å². The molecule has 4 nitrogen and oxygen atoms in total. The third-order valence-electron chi connectivity index (χ3n) is 4.69. The molecule has 0 aliphatic carbocycles.